The predicted octanol–water partition coefficient (Wildman–Crippen LogP) is 5.23. The van der Waals surface area contributed by atoms with Gasteiger partial charge in [-0.1, -0.05) is 18.2 Å². The Morgan fingerprint density at radius 2 is 1.77 bits per heavy atom. The zero-order valence-corrected chi connectivity index (χ0v) is 14.6. The van der Waals surface area contributed by atoms with Gasteiger partial charge in [0.1, 0.15) is 17.5 Å². The van der Waals surface area contributed by atoms with Crippen molar-refractivity contribution in [1.82, 2.24) is 9.97 Å². The van der Waals surface area contributed by atoms with Crippen LogP contribution in [-0.2, 0) is 0 Å². The van der Waals surface area contributed by atoms with Gasteiger partial charge in [0, 0.05) is 23.7 Å². The number of rotatable bonds is 5. The van der Waals surface area contributed by atoms with E-state index in [4.69, 9.17) is 0 Å². The third-order valence-electron chi connectivity index (χ3n) is 4.21. The fourth-order valence-corrected chi connectivity index (χ4v) is 2.86. The van der Waals surface area contributed by atoms with Gasteiger partial charge in [-0.2, -0.15) is 0 Å². The second-order valence-corrected chi connectivity index (χ2v) is 6.02. The maximum absolute atomic E-state index is 14.4. The summed E-state index contributed by atoms with van der Waals surface area (Å²) in [7, 11) is 1.80. The van der Waals surface area contributed by atoms with E-state index in [1.807, 2.05) is 18.2 Å². The Labute approximate surface area is 149 Å². The lowest BCUT2D eigenvalue weighted by molar-refractivity contribution is 0.146. The molecule has 0 radical (unpaired) electrons. The van der Waals surface area contributed by atoms with E-state index in [-0.39, 0.29) is 5.56 Å². The molecule has 136 valence electrons. The molecular formula is C19H19F3N4. The molecule has 3 rings (SSSR count). The molecule has 0 bridgehead atoms. The first-order valence-corrected chi connectivity index (χ1v) is 8.20. The molecule has 0 aliphatic heterocycles. The van der Waals surface area contributed by atoms with Crippen molar-refractivity contribution in [2.75, 3.05) is 17.7 Å². The van der Waals surface area contributed by atoms with Crippen molar-refractivity contribution in [2.45, 2.75) is 26.3 Å². The molecule has 0 spiro atoms. The number of nitrogens with zero attached hydrogens (tertiary/aromatic N) is 2. The number of anilines is 2. The highest BCUT2D eigenvalue weighted by Crippen LogP contribution is 2.31. The number of benzene rings is 2. The van der Waals surface area contributed by atoms with Gasteiger partial charge in [-0.15, -0.1) is 0 Å². The fourth-order valence-electron chi connectivity index (χ4n) is 2.86. The van der Waals surface area contributed by atoms with Crippen molar-refractivity contribution in [2.24, 2.45) is 0 Å². The maximum atomic E-state index is 14.4. The van der Waals surface area contributed by atoms with Gasteiger partial charge in [0.05, 0.1) is 17.1 Å². The molecule has 0 fully saturated rings. The van der Waals surface area contributed by atoms with Crippen molar-refractivity contribution in [3.05, 3.63) is 59.2 Å². The fraction of sp³-hybridized carbons (Fsp3) is 0.263. The number of nitrogens with one attached hydrogen (secondary N) is 2. The minimum absolute atomic E-state index is 0.164. The summed E-state index contributed by atoms with van der Waals surface area (Å²) in [6.45, 7) is 3.47. The first-order valence-electron chi connectivity index (χ1n) is 8.20. The molecule has 0 aliphatic carbocycles. The smallest absolute Gasteiger partial charge is 0.266 e. The quantitative estimate of drug-likeness (QED) is 0.654. The summed E-state index contributed by atoms with van der Waals surface area (Å²) >= 11 is 0. The Morgan fingerprint density at radius 1 is 1.04 bits per heavy atom. The lowest BCUT2D eigenvalue weighted by Crippen LogP contribution is -2.12. The van der Waals surface area contributed by atoms with Crippen molar-refractivity contribution in [3.63, 3.8) is 0 Å². The van der Waals surface area contributed by atoms with Crippen LogP contribution in [0.25, 0.3) is 10.9 Å². The molecule has 1 aromatic heterocycles. The van der Waals surface area contributed by atoms with E-state index < -0.39 is 23.8 Å². The van der Waals surface area contributed by atoms with Crippen molar-refractivity contribution in [3.8, 4) is 0 Å². The Kier molecular flexibility index (Phi) is 4.97. The van der Waals surface area contributed by atoms with Gasteiger partial charge < -0.3 is 10.6 Å². The highest BCUT2D eigenvalue weighted by Gasteiger charge is 2.20. The van der Waals surface area contributed by atoms with Crippen LogP contribution in [-0.4, -0.2) is 17.0 Å². The van der Waals surface area contributed by atoms with E-state index in [9.17, 15) is 13.2 Å². The lowest BCUT2D eigenvalue weighted by Gasteiger charge is -2.19. The second-order valence-electron chi connectivity index (χ2n) is 6.02. The summed E-state index contributed by atoms with van der Waals surface area (Å²) in [6.07, 6.45) is -2.86. The molecule has 1 atom stereocenters. The minimum atomic E-state index is -2.86. The average molecular weight is 360 g/mol. The highest BCUT2D eigenvalue weighted by atomic mass is 19.3. The Hall–Kier alpha value is -2.83. The Balaban J connectivity index is 2.02. The summed E-state index contributed by atoms with van der Waals surface area (Å²) < 4.78 is 40.3. The van der Waals surface area contributed by atoms with Crippen LogP contribution in [0.5, 0.6) is 0 Å². The number of halogens is 3. The maximum Gasteiger partial charge on any atom is 0.266 e. The molecule has 0 saturated heterocycles. The molecule has 0 aliphatic rings. The molecule has 3 aromatic rings. The molecule has 2 N–H and O–H groups in total. The average Bonchev–Trinajstić information content (AvgIpc) is 2.61. The summed E-state index contributed by atoms with van der Waals surface area (Å²) in [6, 6.07) is 9.12. The van der Waals surface area contributed by atoms with Gasteiger partial charge >= 0.3 is 0 Å². The van der Waals surface area contributed by atoms with Crippen molar-refractivity contribution in [1.29, 1.82) is 0 Å². The number of hydrogen-bond donors (Lipinski definition) is 2. The van der Waals surface area contributed by atoms with E-state index in [2.05, 4.69) is 20.6 Å². The topological polar surface area (TPSA) is 49.8 Å². The number of fused-ring (bicyclic) bond motifs is 1. The second kappa shape index (κ2) is 7.19. The molecule has 4 nitrogen and oxygen atoms in total. The van der Waals surface area contributed by atoms with Gasteiger partial charge in [-0.3, -0.25) is 0 Å². The third-order valence-corrected chi connectivity index (χ3v) is 4.21. The van der Waals surface area contributed by atoms with Crippen LogP contribution < -0.4 is 10.6 Å². The standard InChI is InChI=1S/C19H19F3N4/c1-10(13-5-4-6-14(17(13)20)18(21)22)24-19-15-9-12(23-3)7-8-16(15)25-11(2)26-19/h4-10,18,23H,1-3H3,(H,24,25,26)/t10-/m1/s1. The van der Waals surface area contributed by atoms with Crippen molar-refractivity contribution >= 4 is 22.4 Å². The van der Waals surface area contributed by atoms with Gasteiger partial charge in [-0.25, -0.2) is 23.1 Å². The van der Waals surface area contributed by atoms with Gasteiger partial charge in [0.2, 0.25) is 0 Å². The normalized spacial score (nSPS) is 12.4. The first-order chi connectivity index (χ1) is 12.4. The molecule has 2 aromatic carbocycles. The number of hydrogen-bond acceptors (Lipinski definition) is 4. The van der Waals surface area contributed by atoms with Crippen LogP contribution in [0, 0.1) is 12.7 Å². The molecule has 0 unspecified atom stereocenters. The van der Waals surface area contributed by atoms with E-state index in [0.717, 1.165) is 22.7 Å². The molecule has 7 heteroatoms. The Bertz CT molecular complexity index is 943. The number of aryl methyl sites for hydroxylation is 1. The van der Waals surface area contributed by atoms with Crippen LogP contribution in [0.3, 0.4) is 0 Å². The van der Waals surface area contributed by atoms with E-state index >= 15 is 0 Å². The monoisotopic (exact) mass is 360 g/mol. The van der Waals surface area contributed by atoms with E-state index in [1.165, 1.54) is 12.1 Å². The zero-order valence-electron chi connectivity index (χ0n) is 14.6. The van der Waals surface area contributed by atoms with E-state index in [0.29, 0.717) is 11.6 Å². The molecule has 0 amide bonds. The van der Waals surface area contributed by atoms with Gasteiger partial charge in [0.25, 0.3) is 6.43 Å². The SMILES string of the molecule is CNc1ccc2nc(C)nc(N[C@H](C)c3cccc(C(F)F)c3F)c2c1. The lowest BCUT2D eigenvalue weighted by atomic mass is 10.0. The first kappa shape index (κ1) is 18.0. The van der Waals surface area contributed by atoms with E-state index in [1.54, 1.807) is 20.9 Å². The van der Waals surface area contributed by atoms with Gasteiger partial charge in [0.15, 0.2) is 0 Å². The highest BCUT2D eigenvalue weighted by molar-refractivity contribution is 5.91. The predicted molar refractivity (Wildman–Crippen MR) is 97.2 cm³/mol. The zero-order chi connectivity index (χ0) is 18.8. The Morgan fingerprint density at radius 3 is 2.46 bits per heavy atom. The van der Waals surface area contributed by atoms with Crippen LogP contribution in [0.2, 0.25) is 0 Å². The van der Waals surface area contributed by atoms with Gasteiger partial charge in [-0.05, 0) is 32.0 Å². The van der Waals surface area contributed by atoms with Crippen LogP contribution >= 0.6 is 0 Å². The van der Waals surface area contributed by atoms with Crippen LogP contribution in [0.1, 0.15) is 36.3 Å². The number of alkyl halides is 2. The van der Waals surface area contributed by atoms with Crippen molar-refractivity contribution < 1.29 is 13.2 Å². The molecule has 26 heavy (non-hydrogen) atoms. The summed E-state index contributed by atoms with van der Waals surface area (Å²) in [5, 5.41) is 6.95. The van der Waals surface area contributed by atoms with Crippen LogP contribution in [0.15, 0.2) is 36.4 Å². The minimum Gasteiger partial charge on any atom is -0.388 e. The summed E-state index contributed by atoms with van der Waals surface area (Å²) in [5.41, 5.74) is 1.19. The number of aromatic nitrogens is 2. The van der Waals surface area contributed by atoms with Crippen LogP contribution in [0.4, 0.5) is 24.7 Å². The molecule has 0 saturated carbocycles. The summed E-state index contributed by atoms with van der Waals surface area (Å²) in [5.74, 6) is 0.193. The molecular weight excluding hydrogens is 341 g/mol. The third kappa shape index (κ3) is 3.42. The summed E-state index contributed by atoms with van der Waals surface area (Å²) in [4.78, 5) is 8.80. The molecule has 1 heterocycles. The largest absolute Gasteiger partial charge is 0.388 e.